The Morgan fingerprint density at radius 1 is 1.35 bits per heavy atom. The van der Waals surface area contributed by atoms with Gasteiger partial charge in [-0.15, -0.1) is 10.2 Å². The summed E-state index contributed by atoms with van der Waals surface area (Å²) in [6, 6.07) is 8.54. The standard InChI is InChI=1S/C13H12ClN3O3/c1-20-13(19)12-10(6-11(14)16-17-12)15-9-4-2-8(7-18)3-5-9/h2-6,18H,7H2,1H3,(H,15,16). The first-order chi connectivity index (χ1) is 9.63. The number of methoxy groups -OCH3 is 1. The summed E-state index contributed by atoms with van der Waals surface area (Å²) in [4.78, 5) is 11.6. The van der Waals surface area contributed by atoms with E-state index in [1.807, 2.05) is 0 Å². The van der Waals surface area contributed by atoms with Crippen molar-refractivity contribution < 1.29 is 14.6 Å². The molecule has 2 rings (SSSR count). The van der Waals surface area contributed by atoms with Crippen molar-refractivity contribution >= 4 is 28.9 Å². The number of hydrogen-bond donors (Lipinski definition) is 2. The van der Waals surface area contributed by atoms with E-state index in [4.69, 9.17) is 16.7 Å². The topological polar surface area (TPSA) is 84.3 Å². The highest BCUT2D eigenvalue weighted by atomic mass is 35.5. The Morgan fingerprint density at radius 3 is 2.65 bits per heavy atom. The minimum absolute atomic E-state index is 0.0314. The smallest absolute Gasteiger partial charge is 0.360 e. The van der Waals surface area contributed by atoms with E-state index in [1.54, 1.807) is 24.3 Å². The van der Waals surface area contributed by atoms with Gasteiger partial charge < -0.3 is 15.2 Å². The maximum atomic E-state index is 11.6. The SMILES string of the molecule is COC(=O)c1nnc(Cl)cc1Nc1ccc(CO)cc1. The fourth-order valence-corrected chi connectivity index (χ4v) is 1.71. The van der Waals surface area contributed by atoms with Gasteiger partial charge in [0.15, 0.2) is 10.8 Å². The lowest BCUT2D eigenvalue weighted by molar-refractivity contribution is 0.0594. The zero-order valence-corrected chi connectivity index (χ0v) is 11.4. The van der Waals surface area contributed by atoms with Crippen molar-refractivity contribution in [3.63, 3.8) is 0 Å². The first-order valence-electron chi connectivity index (χ1n) is 5.72. The van der Waals surface area contributed by atoms with E-state index in [-0.39, 0.29) is 17.5 Å². The van der Waals surface area contributed by atoms with Crippen LogP contribution in [0.25, 0.3) is 0 Å². The third-order valence-corrected chi connectivity index (χ3v) is 2.74. The number of rotatable bonds is 4. The molecule has 0 spiro atoms. The van der Waals surface area contributed by atoms with Gasteiger partial charge in [-0.05, 0) is 17.7 Å². The molecule has 0 unspecified atom stereocenters. The monoisotopic (exact) mass is 293 g/mol. The van der Waals surface area contributed by atoms with Crippen LogP contribution in [0.2, 0.25) is 5.15 Å². The normalized spacial score (nSPS) is 10.2. The van der Waals surface area contributed by atoms with Crippen LogP contribution in [-0.4, -0.2) is 28.4 Å². The summed E-state index contributed by atoms with van der Waals surface area (Å²) >= 11 is 5.78. The Hall–Kier alpha value is -2.18. The van der Waals surface area contributed by atoms with Gasteiger partial charge in [-0.25, -0.2) is 4.79 Å². The number of carbonyl (C=O) groups excluding carboxylic acids is 1. The summed E-state index contributed by atoms with van der Waals surface area (Å²) < 4.78 is 4.63. The summed E-state index contributed by atoms with van der Waals surface area (Å²) in [7, 11) is 1.26. The molecule has 104 valence electrons. The molecule has 1 heterocycles. The molecule has 0 radical (unpaired) electrons. The third-order valence-electron chi connectivity index (χ3n) is 2.56. The van der Waals surface area contributed by atoms with Crippen LogP contribution in [0.5, 0.6) is 0 Å². The average molecular weight is 294 g/mol. The molecule has 2 N–H and O–H groups in total. The number of ether oxygens (including phenoxy) is 1. The molecule has 0 amide bonds. The number of carbonyl (C=O) groups is 1. The summed E-state index contributed by atoms with van der Waals surface area (Å²) in [6.07, 6.45) is 0. The number of aliphatic hydroxyl groups excluding tert-OH is 1. The number of hydrogen-bond acceptors (Lipinski definition) is 6. The van der Waals surface area contributed by atoms with Crippen molar-refractivity contribution in [1.82, 2.24) is 10.2 Å². The molecule has 0 saturated carbocycles. The van der Waals surface area contributed by atoms with Crippen molar-refractivity contribution in [2.45, 2.75) is 6.61 Å². The minimum Gasteiger partial charge on any atom is -0.464 e. The Balaban J connectivity index is 2.31. The quantitative estimate of drug-likeness (QED) is 0.840. The Morgan fingerprint density at radius 2 is 2.05 bits per heavy atom. The van der Waals surface area contributed by atoms with Gasteiger partial charge in [-0.1, -0.05) is 23.7 Å². The zero-order chi connectivity index (χ0) is 14.5. The van der Waals surface area contributed by atoms with Crippen LogP contribution < -0.4 is 5.32 Å². The van der Waals surface area contributed by atoms with Gasteiger partial charge in [0.05, 0.1) is 19.4 Å². The highest BCUT2D eigenvalue weighted by Gasteiger charge is 2.15. The van der Waals surface area contributed by atoms with Gasteiger partial charge in [-0.3, -0.25) is 0 Å². The van der Waals surface area contributed by atoms with E-state index in [0.29, 0.717) is 5.69 Å². The molecular weight excluding hydrogens is 282 g/mol. The number of aliphatic hydroxyl groups is 1. The van der Waals surface area contributed by atoms with Crippen LogP contribution in [0.15, 0.2) is 30.3 Å². The number of halogens is 1. The molecule has 2 aromatic rings. The molecular formula is C13H12ClN3O3. The molecule has 0 aliphatic carbocycles. The van der Waals surface area contributed by atoms with E-state index in [1.165, 1.54) is 13.2 Å². The van der Waals surface area contributed by atoms with Crippen LogP contribution in [0.1, 0.15) is 16.1 Å². The number of benzene rings is 1. The maximum absolute atomic E-state index is 11.6. The summed E-state index contributed by atoms with van der Waals surface area (Å²) in [5.41, 5.74) is 1.95. The van der Waals surface area contributed by atoms with Crippen LogP contribution in [0, 0.1) is 0 Å². The first kappa shape index (κ1) is 14.2. The summed E-state index contributed by atoms with van der Waals surface area (Å²) in [5, 5.41) is 19.5. The fourth-order valence-electron chi connectivity index (χ4n) is 1.56. The molecule has 1 aromatic heterocycles. The van der Waals surface area contributed by atoms with Crippen molar-refractivity contribution in [3.8, 4) is 0 Å². The Bertz CT molecular complexity index is 617. The predicted molar refractivity (Wildman–Crippen MR) is 74.0 cm³/mol. The van der Waals surface area contributed by atoms with Gasteiger partial charge in [0, 0.05) is 11.8 Å². The first-order valence-corrected chi connectivity index (χ1v) is 6.10. The molecule has 7 heteroatoms. The van der Waals surface area contributed by atoms with Crippen molar-refractivity contribution in [2.75, 3.05) is 12.4 Å². The highest BCUT2D eigenvalue weighted by molar-refractivity contribution is 6.29. The lowest BCUT2D eigenvalue weighted by Gasteiger charge is -2.10. The Labute approximate surface area is 120 Å². The second kappa shape index (κ2) is 6.31. The highest BCUT2D eigenvalue weighted by Crippen LogP contribution is 2.22. The largest absolute Gasteiger partial charge is 0.464 e. The number of esters is 1. The number of anilines is 2. The van der Waals surface area contributed by atoms with Crippen LogP contribution in [0.3, 0.4) is 0 Å². The minimum atomic E-state index is -0.608. The molecule has 20 heavy (non-hydrogen) atoms. The fraction of sp³-hybridized carbons (Fsp3) is 0.154. The van der Waals surface area contributed by atoms with Crippen LogP contribution in [-0.2, 0) is 11.3 Å². The Kier molecular flexibility index (Phi) is 4.49. The van der Waals surface area contributed by atoms with E-state index < -0.39 is 5.97 Å². The molecule has 0 bridgehead atoms. The van der Waals surface area contributed by atoms with E-state index in [9.17, 15) is 4.79 Å². The molecule has 0 aliphatic heterocycles. The summed E-state index contributed by atoms with van der Waals surface area (Å²) in [6.45, 7) is -0.0314. The van der Waals surface area contributed by atoms with Gasteiger partial charge in [0.2, 0.25) is 0 Å². The average Bonchev–Trinajstić information content (AvgIpc) is 2.47. The predicted octanol–water partition coefficient (Wildman–Crippen LogP) is 2.15. The number of nitrogens with zero attached hydrogens (tertiary/aromatic N) is 2. The summed E-state index contributed by atoms with van der Waals surface area (Å²) in [5.74, 6) is -0.608. The lowest BCUT2D eigenvalue weighted by atomic mass is 10.2. The third kappa shape index (κ3) is 3.23. The van der Waals surface area contributed by atoms with E-state index in [0.717, 1.165) is 11.3 Å². The van der Waals surface area contributed by atoms with Crippen molar-refractivity contribution in [2.24, 2.45) is 0 Å². The van der Waals surface area contributed by atoms with Gasteiger partial charge in [0.25, 0.3) is 0 Å². The molecule has 6 nitrogen and oxygen atoms in total. The molecule has 1 aromatic carbocycles. The zero-order valence-electron chi connectivity index (χ0n) is 10.6. The molecule has 0 atom stereocenters. The second-order valence-corrected chi connectivity index (χ2v) is 4.29. The molecule has 0 aliphatic rings. The van der Waals surface area contributed by atoms with Gasteiger partial charge >= 0.3 is 5.97 Å². The lowest BCUT2D eigenvalue weighted by Crippen LogP contribution is -2.09. The van der Waals surface area contributed by atoms with Crippen LogP contribution >= 0.6 is 11.6 Å². The number of nitrogens with one attached hydrogen (secondary N) is 1. The van der Waals surface area contributed by atoms with Gasteiger partial charge in [-0.2, -0.15) is 0 Å². The molecule has 0 saturated heterocycles. The van der Waals surface area contributed by atoms with E-state index >= 15 is 0 Å². The number of aromatic nitrogens is 2. The second-order valence-electron chi connectivity index (χ2n) is 3.90. The van der Waals surface area contributed by atoms with Gasteiger partial charge in [0.1, 0.15) is 0 Å². The molecule has 0 fully saturated rings. The van der Waals surface area contributed by atoms with Crippen molar-refractivity contribution in [1.29, 1.82) is 0 Å². The maximum Gasteiger partial charge on any atom is 0.360 e. The van der Waals surface area contributed by atoms with Crippen LogP contribution in [0.4, 0.5) is 11.4 Å². The van der Waals surface area contributed by atoms with Crippen molar-refractivity contribution in [3.05, 3.63) is 46.7 Å². The van der Waals surface area contributed by atoms with E-state index in [2.05, 4.69) is 20.3 Å².